The molecule has 3 heteroatoms. The van der Waals surface area contributed by atoms with E-state index in [1.807, 2.05) is 4.90 Å². The second kappa shape index (κ2) is 5.51. The van der Waals surface area contributed by atoms with Gasteiger partial charge >= 0.3 is 0 Å². The molecule has 3 nitrogen and oxygen atoms in total. The summed E-state index contributed by atoms with van der Waals surface area (Å²) in [6.45, 7) is 5.21. The van der Waals surface area contributed by atoms with Crippen molar-refractivity contribution in [2.24, 2.45) is 0 Å². The standard InChI is InChI=1S/C9H18NO2/c1-2-3-4-9(11)10-5-7-12-8-6-10/h9H,2-8H2,1H3. The molecule has 1 heterocycles. The molecule has 12 heavy (non-hydrogen) atoms. The van der Waals surface area contributed by atoms with Crippen molar-refractivity contribution in [1.29, 1.82) is 0 Å². The Morgan fingerprint density at radius 2 is 2.08 bits per heavy atom. The van der Waals surface area contributed by atoms with Gasteiger partial charge in [-0.3, -0.25) is 4.90 Å². The highest BCUT2D eigenvalue weighted by Gasteiger charge is 2.18. The SMILES string of the molecule is CCCCC([O])N1CCOCC1. The van der Waals surface area contributed by atoms with Crippen molar-refractivity contribution < 1.29 is 9.84 Å². The van der Waals surface area contributed by atoms with E-state index in [2.05, 4.69) is 6.92 Å². The largest absolute Gasteiger partial charge is 0.379 e. The van der Waals surface area contributed by atoms with Gasteiger partial charge in [-0.15, -0.1) is 0 Å². The molecule has 0 spiro atoms. The summed E-state index contributed by atoms with van der Waals surface area (Å²) in [5, 5.41) is 11.5. The van der Waals surface area contributed by atoms with E-state index in [1.165, 1.54) is 0 Å². The second-order valence-corrected chi connectivity index (χ2v) is 3.25. The van der Waals surface area contributed by atoms with Crippen LogP contribution in [-0.4, -0.2) is 37.4 Å². The van der Waals surface area contributed by atoms with Crippen molar-refractivity contribution in [3.63, 3.8) is 0 Å². The fourth-order valence-corrected chi connectivity index (χ4v) is 1.43. The zero-order valence-electron chi connectivity index (χ0n) is 7.79. The summed E-state index contributed by atoms with van der Waals surface area (Å²) >= 11 is 0. The Morgan fingerprint density at radius 1 is 1.42 bits per heavy atom. The third-order valence-corrected chi connectivity index (χ3v) is 2.26. The van der Waals surface area contributed by atoms with E-state index in [9.17, 15) is 5.11 Å². The minimum Gasteiger partial charge on any atom is -0.379 e. The Hall–Kier alpha value is -0.120. The molecular formula is C9H18NO2. The molecule has 0 bridgehead atoms. The zero-order chi connectivity index (χ0) is 8.81. The molecule has 0 aliphatic carbocycles. The molecule has 1 fully saturated rings. The van der Waals surface area contributed by atoms with E-state index in [-0.39, 0.29) is 0 Å². The van der Waals surface area contributed by atoms with Gasteiger partial charge < -0.3 is 4.74 Å². The lowest BCUT2D eigenvalue weighted by Gasteiger charge is -2.29. The molecule has 1 unspecified atom stereocenters. The molecule has 1 saturated heterocycles. The lowest BCUT2D eigenvalue weighted by molar-refractivity contribution is -0.0948. The summed E-state index contributed by atoms with van der Waals surface area (Å²) in [4.78, 5) is 1.99. The van der Waals surface area contributed by atoms with E-state index in [0.29, 0.717) is 0 Å². The van der Waals surface area contributed by atoms with Crippen molar-refractivity contribution in [1.82, 2.24) is 4.90 Å². The van der Waals surface area contributed by atoms with E-state index in [1.54, 1.807) is 0 Å². The van der Waals surface area contributed by atoms with E-state index >= 15 is 0 Å². The first kappa shape index (κ1) is 9.96. The number of nitrogens with zero attached hydrogens (tertiary/aromatic N) is 1. The van der Waals surface area contributed by atoms with Crippen LogP contribution in [0.3, 0.4) is 0 Å². The Balaban J connectivity index is 2.15. The molecule has 1 radical (unpaired) electrons. The van der Waals surface area contributed by atoms with Crippen LogP contribution in [0, 0.1) is 0 Å². The molecule has 71 valence electrons. The van der Waals surface area contributed by atoms with Crippen LogP contribution in [0.25, 0.3) is 0 Å². The van der Waals surface area contributed by atoms with Crippen LogP contribution in [0.4, 0.5) is 0 Å². The molecule has 1 aliphatic heterocycles. The summed E-state index contributed by atoms with van der Waals surface area (Å²) < 4.78 is 5.17. The van der Waals surface area contributed by atoms with Gasteiger partial charge in [-0.05, 0) is 12.8 Å². The smallest absolute Gasteiger partial charge is 0.146 e. The molecule has 0 saturated carbocycles. The van der Waals surface area contributed by atoms with Gasteiger partial charge in [-0.25, -0.2) is 5.11 Å². The number of hydrogen-bond donors (Lipinski definition) is 0. The van der Waals surface area contributed by atoms with E-state index in [0.717, 1.165) is 45.6 Å². The molecule has 0 aromatic carbocycles. The predicted octanol–water partition coefficient (Wildman–Crippen LogP) is 1.27. The maximum atomic E-state index is 11.5. The molecule has 0 aromatic heterocycles. The van der Waals surface area contributed by atoms with Crippen LogP contribution in [-0.2, 0) is 9.84 Å². The molecular weight excluding hydrogens is 154 g/mol. The molecule has 0 aromatic rings. The van der Waals surface area contributed by atoms with E-state index in [4.69, 9.17) is 4.74 Å². The molecule has 0 N–H and O–H groups in total. The average Bonchev–Trinajstić information content (AvgIpc) is 2.15. The van der Waals surface area contributed by atoms with Gasteiger partial charge in [0.2, 0.25) is 0 Å². The average molecular weight is 172 g/mol. The fraction of sp³-hybridized carbons (Fsp3) is 1.00. The summed E-state index contributed by atoms with van der Waals surface area (Å²) in [5.74, 6) is 0. The van der Waals surface area contributed by atoms with Crippen LogP contribution in [0.5, 0.6) is 0 Å². The predicted molar refractivity (Wildman–Crippen MR) is 46.4 cm³/mol. The van der Waals surface area contributed by atoms with Crippen molar-refractivity contribution >= 4 is 0 Å². The Morgan fingerprint density at radius 3 is 2.67 bits per heavy atom. The minimum absolute atomic E-state index is 0.492. The number of morpholine rings is 1. The topological polar surface area (TPSA) is 32.4 Å². The van der Waals surface area contributed by atoms with Crippen LogP contribution in [0.2, 0.25) is 0 Å². The Kier molecular flexibility index (Phi) is 4.58. The van der Waals surface area contributed by atoms with Crippen LogP contribution in [0.15, 0.2) is 0 Å². The van der Waals surface area contributed by atoms with Gasteiger partial charge in [-0.1, -0.05) is 13.3 Å². The van der Waals surface area contributed by atoms with Crippen molar-refractivity contribution in [2.45, 2.75) is 32.4 Å². The van der Waals surface area contributed by atoms with Gasteiger partial charge in [0, 0.05) is 13.1 Å². The highest BCUT2D eigenvalue weighted by Crippen LogP contribution is 2.08. The summed E-state index contributed by atoms with van der Waals surface area (Å²) in [6.07, 6.45) is 2.46. The second-order valence-electron chi connectivity index (χ2n) is 3.25. The van der Waals surface area contributed by atoms with Gasteiger partial charge in [0.1, 0.15) is 6.23 Å². The monoisotopic (exact) mass is 172 g/mol. The first-order valence-corrected chi connectivity index (χ1v) is 4.82. The normalized spacial score (nSPS) is 22.5. The van der Waals surface area contributed by atoms with Gasteiger partial charge in [0.15, 0.2) is 0 Å². The van der Waals surface area contributed by atoms with Crippen LogP contribution in [0.1, 0.15) is 26.2 Å². The minimum atomic E-state index is -0.492. The fourth-order valence-electron chi connectivity index (χ4n) is 1.43. The molecule has 1 aliphatic rings. The Bertz CT molecular complexity index is 113. The van der Waals surface area contributed by atoms with Crippen LogP contribution >= 0.6 is 0 Å². The highest BCUT2D eigenvalue weighted by molar-refractivity contribution is 4.64. The Labute approximate surface area is 74.3 Å². The van der Waals surface area contributed by atoms with Crippen molar-refractivity contribution in [3.05, 3.63) is 0 Å². The molecule has 1 atom stereocenters. The third kappa shape index (κ3) is 3.09. The number of hydrogen-bond acceptors (Lipinski definition) is 2. The number of rotatable bonds is 4. The van der Waals surface area contributed by atoms with Gasteiger partial charge in [0.05, 0.1) is 13.2 Å². The highest BCUT2D eigenvalue weighted by atomic mass is 16.5. The van der Waals surface area contributed by atoms with Gasteiger partial charge in [0.25, 0.3) is 0 Å². The quantitative estimate of drug-likeness (QED) is 0.639. The van der Waals surface area contributed by atoms with Crippen molar-refractivity contribution in [2.75, 3.05) is 26.3 Å². The van der Waals surface area contributed by atoms with Gasteiger partial charge in [-0.2, -0.15) is 0 Å². The van der Waals surface area contributed by atoms with Crippen LogP contribution < -0.4 is 0 Å². The van der Waals surface area contributed by atoms with E-state index < -0.39 is 6.23 Å². The maximum Gasteiger partial charge on any atom is 0.146 e. The summed E-state index contributed by atoms with van der Waals surface area (Å²) in [7, 11) is 0. The van der Waals surface area contributed by atoms with Crippen molar-refractivity contribution in [3.8, 4) is 0 Å². The summed E-state index contributed by atoms with van der Waals surface area (Å²) in [6, 6.07) is 0. The number of unbranched alkanes of at least 4 members (excludes halogenated alkanes) is 1. The first-order valence-electron chi connectivity index (χ1n) is 4.82. The first-order chi connectivity index (χ1) is 5.84. The third-order valence-electron chi connectivity index (χ3n) is 2.26. The molecule has 1 rings (SSSR count). The number of ether oxygens (including phenoxy) is 1. The molecule has 0 amide bonds. The maximum absolute atomic E-state index is 11.5. The lowest BCUT2D eigenvalue weighted by atomic mass is 10.2. The summed E-state index contributed by atoms with van der Waals surface area (Å²) in [5.41, 5.74) is 0. The lowest BCUT2D eigenvalue weighted by Crippen LogP contribution is -2.42. The zero-order valence-corrected chi connectivity index (χ0v) is 7.79.